The van der Waals surface area contributed by atoms with E-state index in [2.05, 4.69) is 185 Å². The van der Waals surface area contributed by atoms with Crippen LogP contribution in [0.3, 0.4) is 0 Å². The van der Waals surface area contributed by atoms with Gasteiger partial charge in [0.05, 0.1) is 56.4 Å². The van der Waals surface area contributed by atoms with Crippen molar-refractivity contribution in [2.75, 3.05) is 26.4 Å². The van der Waals surface area contributed by atoms with Crippen molar-refractivity contribution in [3.8, 4) is 41.8 Å². The molecule has 0 amide bonds. The molecule has 4 aliphatic rings. The highest BCUT2D eigenvalue weighted by molar-refractivity contribution is 7.32. The molecular weight excluding hydrogens is 937 g/mol. The molecule has 0 bridgehead atoms. The molecule has 70 heavy (non-hydrogen) atoms. The van der Waals surface area contributed by atoms with E-state index >= 15 is 0 Å². The molecule has 0 atom stereocenters. The molecule has 0 saturated carbocycles. The molecule has 0 N–H and O–H groups in total. The van der Waals surface area contributed by atoms with E-state index in [0.29, 0.717) is 26.4 Å². The fourth-order valence-corrected chi connectivity index (χ4v) is 16.9. The predicted molar refractivity (Wildman–Crippen MR) is 289 cm³/mol. The molecule has 2 aliphatic heterocycles. The van der Waals surface area contributed by atoms with E-state index in [0.717, 1.165) is 9.75 Å². The maximum atomic E-state index is 5.96. The summed E-state index contributed by atoms with van der Waals surface area (Å²) in [6, 6.07) is 60.9. The van der Waals surface area contributed by atoms with Crippen LogP contribution in [0.4, 0.5) is 0 Å². The van der Waals surface area contributed by atoms with Gasteiger partial charge in [-0.05, 0) is 120 Å². The van der Waals surface area contributed by atoms with E-state index in [-0.39, 0.29) is 12.6 Å². The second-order valence-corrected chi connectivity index (χ2v) is 23.6. The minimum atomic E-state index is -0.594. The van der Waals surface area contributed by atoms with Gasteiger partial charge >= 0.3 is 0 Å². The summed E-state index contributed by atoms with van der Waals surface area (Å²) in [6.07, 6.45) is -0.597. The van der Waals surface area contributed by atoms with Gasteiger partial charge in [-0.15, -0.1) is 45.3 Å². The molecule has 2 fully saturated rings. The Balaban J connectivity index is 1.06. The molecule has 6 aromatic carbocycles. The predicted octanol–water partition coefficient (Wildman–Crippen LogP) is 16.5. The summed E-state index contributed by atoms with van der Waals surface area (Å²) in [6.45, 7) is 11.3. The fraction of sp³-hybridized carbons (Fsp3) is 0.194. The smallest absolute Gasteiger partial charge is 0.193 e. The van der Waals surface area contributed by atoms with Gasteiger partial charge in [0.15, 0.2) is 12.6 Å². The van der Waals surface area contributed by atoms with Crippen LogP contribution in [0, 0.1) is 27.7 Å². The largest absolute Gasteiger partial charge is 0.345 e. The fourth-order valence-electron chi connectivity index (χ4n) is 11.7. The van der Waals surface area contributed by atoms with Crippen molar-refractivity contribution in [1.29, 1.82) is 0 Å². The van der Waals surface area contributed by atoms with Gasteiger partial charge in [-0.2, -0.15) is 0 Å². The van der Waals surface area contributed by atoms with Crippen molar-refractivity contribution in [3.63, 3.8) is 0 Å². The summed E-state index contributed by atoms with van der Waals surface area (Å²) in [4.78, 5) is 7.35. The van der Waals surface area contributed by atoms with Crippen LogP contribution in [-0.4, -0.2) is 26.4 Å². The lowest BCUT2D eigenvalue weighted by molar-refractivity contribution is -0.0415. The van der Waals surface area contributed by atoms with Gasteiger partial charge < -0.3 is 18.9 Å². The lowest BCUT2D eigenvalue weighted by Crippen LogP contribution is -2.29. The van der Waals surface area contributed by atoms with Gasteiger partial charge in [0.2, 0.25) is 0 Å². The maximum Gasteiger partial charge on any atom is 0.193 e. The first-order valence-corrected chi connectivity index (χ1v) is 27.4. The SMILES string of the molecule is Cc1ccc(C2(c3ccc(C)cc3)c3cc(-c4ccc(C5OCCO5)s4)ccc3-c3sc4c5c(sc4c32)-c2ccc(-c3ccc(C4OCCO4)s3)cc2C5(c2ccc(C)cc2)c2ccc(C)cc2)cc1. The third-order valence-electron chi connectivity index (χ3n) is 15.1. The highest BCUT2D eigenvalue weighted by Gasteiger charge is 2.54. The summed E-state index contributed by atoms with van der Waals surface area (Å²) in [5.74, 6) is 0. The van der Waals surface area contributed by atoms with Crippen molar-refractivity contribution in [1.82, 2.24) is 0 Å². The van der Waals surface area contributed by atoms with E-state index in [9.17, 15) is 0 Å². The molecule has 0 radical (unpaired) electrons. The zero-order valence-corrected chi connectivity index (χ0v) is 42.5. The van der Waals surface area contributed by atoms with Crippen LogP contribution in [0.1, 0.15) is 89.1 Å². The number of benzene rings is 6. The van der Waals surface area contributed by atoms with Crippen molar-refractivity contribution in [2.45, 2.75) is 51.1 Å². The third kappa shape index (κ3) is 6.31. The Hall–Kier alpha value is -5.78. The molecule has 14 rings (SSSR count). The molecule has 2 saturated heterocycles. The number of hydrogen-bond donors (Lipinski definition) is 0. The van der Waals surface area contributed by atoms with Gasteiger partial charge in [-0.1, -0.05) is 144 Å². The highest BCUT2D eigenvalue weighted by Crippen LogP contribution is 2.68. The Morgan fingerprint density at radius 1 is 0.371 bits per heavy atom. The minimum Gasteiger partial charge on any atom is -0.345 e. The number of ether oxygens (including phenoxy) is 4. The lowest BCUT2D eigenvalue weighted by atomic mass is 9.66. The molecule has 4 aromatic heterocycles. The Morgan fingerprint density at radius 2 is 0.700 bits per heavy atom. The summed E-state index contributed by atoms with van der Waals surface area (Å²) < 4.78 is 26.6. The second kappa shape index (κ2) is 16.4. The summed E-state index contributed by atoms with van der Waals surface area (Å²) in [5, 5.41) is 0. The first-order valence-electron chi connectivity index (χ1n) is 24.1. The van der Waals surface area contributed by atoms with Crippen LogP contribution in [0.15, 0.2) is 158 Å². The second-order valence-electron chi connectivity index (χ2n) is 19.3. The number of hydrogen-bond acceptors (Lipinski definition) is 8. The molecule has 2 aliphatic carbocycles. The van der Waals surface area contributed by atoms with Crippen LogP contribution in [-0.2, 0) is 29.8 Å². The van der Waals surface area contributed by atoms with Crippen molar-refractivity contribution < 1.29 is 18.9 Å². The molecule has 0 spiro atoms. The van der Waals surface area contributed by atoms with Gasteiger partial charge in [-0.3, -0.25) is 0 Å². The number of rotatable bonds is 8. The number of thiophene rings is 4. The van der Waals surface area contributed by atoms with Crippen LogP contribution < -0.4 is 0 Å². The van der Waals surface area contributed by atoms with E-state index < -0.39 is 10.8 Å². The summed E-state index contributed by atoms with van der Waals surface area (Å²) in [5.41, 5.74) is 19.4. The lowest BCUT2D eigenvalue weighted by Gasteiger charge is -2.35. The maximum absolute atomic E-state index is 5.96. The number of fused-ring (bicyclic) bond motifs is 9. The first-order chi connectivity index (χ1) is 34.3. The standard InChI is InChI=1S/C62H48O4S4/c1-35-5-15-41(16-6-35)61(42-17-7-36(2)8-18-42)47-33-39(49-25-27-51(67-49)59-63-29-30-64-59)13-23-45(47)55-53(61)57-58(69-55)54-56(70-57)46-24-14-40(50-26-28-52(68-50)60-65-31-32-66-60)34-48(46)62(54,43-19-9-37(3)10-20-43)44-21-11-38(4)12-22-44/h5-28,33-34,59-60H,29-32H2,1-4H3. The van der Waals surface area contributed by atoms with Crippen LogP contribution in [0.5, 0.6) is 0 Å². The number of aryl methyl sites for hydroxylation is 4. The molecule has 0 unspecified atom stereocenters. The monoisotopic (exact) mass is 984 g/mol. The van der Waals surface area contributed by atoms with Gasteiger partial charge in [0, 0.05) is 30.6 Å². The zero-order valence-electron chi connectivity index (χ0n) is 39.3. The Labute approximate surface area is 424 Å². The molecule has 344 valence electrons. The Bertz CT molecular complexity index is 3320. The average Bonchev–Trinajstić information content (AvgIpc) is 4.25. The van der Waals surface area contributed by atoms with Gasteiger partial charge in [0.25, 0.3) is 0 Å². The van der Waals surface area contributed by atoms with E-state index in [4.69, 9.17) is 18.9 Å². The van der Waals surface area contributed by atoms with Crippen LogP contribution in [0.2, 0.25) is 0 Å². The topological polar surface area (TPSA) is 36.9 Å². The van der Waals surface area contributed by atoms with E-state index in [1.807, 2.05) is 22.7 Å². The third-order valence-corrected chi connectivity index (χ3v) is 20.0. The highest BCUT2D eigenvalue weighted by atomic mass is 32.1. The van der Waals surface area contributed by atoms with Gasteiger partial charge in [0.1, 0.15) is 0 Å². The zero-order chi connectivity index (χ0) is 46.9. The Morgan fingerprint density at radius 3 is 1.03 bits per heavy atom. The van der Waals surface area contributed by atoms with Crippen LogP contribution >= 0.6 is 45.3 Å². The first kappa shape index (κ1) is 43.0. The Kier molecular flexibility index (Phi) is 10.1. The summed E-state index contributed by atoms with van der Waals surface area (Å²) in [7, 11) is 0. The van der Waals surface area contributed by atoms with E-state index in [1.165, 1.54) is 118 Å². The molecule has 10 aromatic rings. The molecule has 4 nitrogen and oxygen atoms in total. The normalized spacial score (nSPS) is 16.8. The van der Waals surface area contributed by atoms with Crippen molar-refractivity contribution in [2.24, 2.45) is 0 Å². The van der Waals surface area contributed by atoms with Gasteiger partial charge in [-0.25, -0.2) is 0 Å². The molecular formula is C62H48O4S4. The van der Waals surface area contributed by atoms with E-state index in [1.54, 1.807) is 22.7 Å². The van der Waals surface area contributed by atoms with Crippen LogP contribution in [0.25, 0.3) is 51.2 Å². The average molecular weight is 985 g/mol. The van der Waals surface area contributed by atoms with Crippen molar-refractivity contribution in [3.05, 3.63) is 234 Å². The summed E-state index contributed by atoms with van der Waals surface area (Å²) >= 11 is 7.54. The van der Waals surface area contributed by atoms with Crippen molar-refractivity contribution >= 4 is 54.7 Å². The molecule has 6 heterocycles. The molecule has 8 heteroatoms. The quantitative estimate of drug-likeness (QED) is 0.152. The minimum absolute atomic E-state index is 0.299.